The summed E-state index contributed by atoms with van der Waals surface area (Å²) in [5.41, 5.74) is 4.34. The van der Waals surface area contributed by atoms with Crippen molar-refractivity contribution < 1.29 is 0 Å². The van der Waals surface area contributed by atoms with Crippen LogP contribution in [0.4, 0.5) is 0 Å². The molecule has 1 aromatic carbocycles. The Kier molecular flexibility index (Phi) is 5.61. The molecule has 2 rings (SSSR count). The first-order valence-electron chi connectivity index (χ1n) is 7.13. The molecule has 0 fully saturated rings. The van der Waals surface area contributed by atoms with Gasteiger partial charge in [-0.25, -0.2) is 0 Å². The lowest BCUT2D eigenvalue weighted by molar-refractivity contribution is 0.362. The topological polar surface area (TPSA) is 63.8 Å². The average molecular weight is 283 g/mol. The summed E-state index contributed by atoms with van der Waals surface area (Å²) >= 11 is 0. The number of benzene rings is 1. The van der Waals surface area contributed by atoms with E-state index in [1.54, 1.807) is 0 Å². The molecule has 0 amide bonds. The van der Waals surface area contributed by atoms with Crippen molar-refractivity contribution in [3.8, 4) is 6.07 Å². The molecule has 21 heavy (non-hydrogen) atoms. The van der Waals surface area contributed by atoms with E-state index in [4.69, 9.17) is 5.26 Å². The first-order chi connectivity index (χ1) is 10.2. The van der Waals surface area contributed by atoms with Gasteiger partial charge in [0.1, 0.15) is 0 Å². The van der Waals surface area contributed by atoms with Gasteiger partial charge in [-0.15, -0.1) is 0 Å². The van der Waals surface area contributed by atoms with Crippen molar-refractivity contribution in [3.05, 3.63) is 41.0 Å². The monoisotopic (exact) mass is 283 g/mol. The molecular weight excluding hydrogens is 262 g/mol. The Morgan fingerprint density at radius 2 is 2.10 bits per heavy atom. The minimum Gasteiger partial charge on any atom is -0.318 e. The Bertz CT molecular complexity index is 565. The molecule has 1 aliphatic rings. The fourth-order valence-corrected chi connectivity index (χ4v) is 2.30. The van der Waals surface area contributed by atoms with Gasteiger partial charge in [0.25, 0.3) is 0 Å². The van der Waals surface area contributed by atoms with E-state index in [-0.39, 0.29) is 0 Å². The standard InChI is InChI=1S/C16H21N5/c1-18-9-10-21(2)12-15-11-19-20-16(15)14-5-3-13(4-6-14)7-8-17/h3-6,18H,7,9-12H2,1-2H3. The molecular formula is C16H21N5. The predicted molar refractivity (Wildman–Crippen MR) is 83.8 cm³/mol. The molecule has 110 valence electrons. The van der Waals surface area contributed by atoms with Gasteiger partial charge >= 0.3 is 0 Å². The highest BCUT2D eigenvalue weighted by molar-refractivity contribution is 5.69. The molecule has 0 bridgehead atoms. The molecule has 0 saturated carbocycles. The van der Waals surface area contributed by atoms with E-state index in [2.05, 4.69) is 33.6 Å². The van der Waals surface area contributed by atoms with Gasteiger partial charge in [-0.1, -0.05) is 24.3 Å². The zero-order valence-electron chi connectivity index (χ0n) is 12.6. The molecule has 1 N–H and O–H groups in total. The van der Waals surface area contributed by atoms with E-state index in [0.29, 0.717) is 13.0 Å². The number of likely N-dealkylation sites (N-methyl/N-ethyl adjacent to an activating group) is 2. The summed E-state index contributed by atoms with van der Waals surface area (Å²) in [6.07, 6.45) is 0.445. The second-order valence-corrected chi connectivity index (χ2v) is 5.22. The molecule has 0 radical (unpaired) electrons. The van der Waals surface area contributed by atoms with Crippen LogP contribution in [-0.4, -0.2) is 45.2 Å². The van der Waals surface area contributed by atoms with Crippen LogP contribution in [0.2, 0.25) is 0 Å². The van der Waals surface area contributed by atoms with Crippen molar-refractivity contribution in [1.82, 2.24) is 10.2 Å². The van der Waals surface area contributed by atoms with Gasteiger partial charge in [-0.05, 0) is 25.2 Å². The largest absolute Gasteiger partial charge is 0.318 e. The Labute approximate surface area is 126 Å². The maximum Gasteiger partial charge on any atom is 0.0949 e. The van der Waals surface area contributed by atoms with E-state index >= 15 is 0 Å². The number of nitriles is 1. The van der Waals surface area contributed by atoms with Crippen LogP contribution in [0, 0.1) is 11.3 Å². The fraction of sp³-hybridized carbons (Fsp3) is 0.438. The number of azo groups is 1. The number of nitrogens with zero attached hydrogens (tertiary/aromatic N) is 4. The van der Waals surface area contributed by atoms with Crippen LogP contribution < -0.4 is 5.32 Å². The molecule has 5 nitrogen and oxygen atoms in total. The highest BCUT2D eigenvalue weighted by Crippen LogP contribution is 2.26. The van der Waals surface area contributed by atoms with Crippen molar-refractivity contribution in [2.75, 3.05) is 40.3 Å². The van der Waals surface area contributed by atoms with Crippen molar-refractivity contribution in [2.24, 2.45) is 10.2 Å². The molecule has 0 aliphatic carbocycles. The second-order valence-electron chi connectivity index (χ2n) is 5.22. The van der Waals surface area contributed by atoms with Crippen LogP contribution in [0.5, 0.6) is 0 Å². The lowest BCUT2D eigenvalue weighted by atomic mass is 10.0. The van der Waals surface area contributed by atoms with Crippen molar-refractivity contribution in [3.63, 3.8) is 0 Å². The van der Waals surface area contributed by atoms with Crippen LogP contribution >= 0.6 is 0 Å². The van der Waals surface area contributed by atoms with Gasteiger partial charge in [-0.3, -0.25) is 0 Å². The number of rotatable bonds is 7. The second kappa shape index (κ2) is 7.67. The summed E-state index contributed by atoms with van der Waals surface area (Å²) in [5.74, 6) is 0. The highest BCUT2D eigenvalue weighted by atomic mass is 15.2. The molecule has 0 saturated heterocycles. The zero-order chi connectivity index (χ0) is 15.1. The van der Waals surface area contributed by atoms with Crippen LogP contribution in [0.3, 0.4) is 0 Å². The summed E-state index contributed by atoms with van der Waals surface area (Å²) in [4.78, 5) is 2.27. The van der Waals surface area contributed by atoms with Crippen molar-refractivity contribution in [1.29, 1.82) is 5.26 Å². The molecule has 0 aromatic heterocycles. The van der Waals surface area contributed by atoms with Gasteiger partial charge in [-0.2, -0.15) is 15.5 Å². The molecule has 0 spiro atoms. The van der Waals surface area contributed by atoms with Crippen LogP contribution in [0.15, 0.2) is 40.1 Å². The molecule has 0 unspecified atom stereocenters. The third-order valence-corrected chi connectivity index (χ3v) is 3.48. The lowest BCUT2D eigenvalue weighted by Crippen LogP contribution is -2.29. The molecule has 0 atom stereocenters. The first kappa shape index (κ1) is 15.4. The summed E-state index contributed by atoms with van der Waals surface area (Å²) in [6, 6.07) is 10.2. The summed E-state index contributed by atoms with van der Waals surface area (Å²) < 4.78 is 0. The van der Waals surface area contributed by atoms with Crippen LogP contribution in [0.25, 0.3) is 5.70 Å². The third kappa shape index (κ3) is 4.22. The fourth-order valence-electron chi connectivity index (χ4n) is 2.30. The van der Waals surface area contributed by atoms with Gasteiger partial charge in [0.15, 0.2) is 0 Å². The van der Waals surface area contributed by atoms with E-state index in [1.807, 2.05) is 31.3 Å². The Morgan fingerprint density at radius 1 is 1.33 bits per heavy atom. The van der Waals surface area contributed by atoms with E-state index < -0.39 is 0 Å². The molecule has 1 aliphatic heterocycles. The minimum absolute atomic E-state index is 0.445. The zero-order valence-corrected chi connectivity index (χ0v) is 12.6. The third-order valence-electron chi connectivity index (χ3n) is 3.48. The first-order valence-corrected chi connectivity index (χ1v) is 7.13. The minimum atomic E-state index is 0.445. The maximum atomic E-state index is 8.71. The van der Waals surface area contributed by atoms with Crippen LogP contribution in [0.1, 0.15) is 11.1 Å². The van der Waals surface area contributed by atoms with E-state index in [1.165, 1.54) is 5.57 Å². The van der Waals surface area contributed by atoms with Crippen molar-refractivity contribution in [2.45, 2.75) is 6.42 Å². The smallest absolute Gasteiger partial charge is 0.0949 e. The van der Waals surface area contributed by atoms with Crippen molar-refractivity contribution >= 4 is 5.70 Å². The molecule has 1 aromatic rings. The van der Waals surface area contributed by atoms with E-state index in [9.17, 15) is 0 Å². The molecule has 5 heteroatoms. The van der Waals surface area contributed by atoms with E-state index in [0.717, 1.165) is 36.5 Å². The maximum absolute atomic E-state index is 8.71. The summed E-state index contributed by atoms with van der Waals surface area (Å²) in [7, 11) is 4.07. The SMILES string of the molecule is CNCCN(C)CC1=C(c2ccc(CC#N)cc2)N=NC1. The number of hydrogen-bond acceptors (Lipinski definition) is 5. The Hall–Kier alpha value is -2.03. The predicted octanol–water partition coefficient (Wildman–Crippen LogP) is 2.08. The number of hydrogen-bond donors (Lipinski definition) is 1. The van der Waals surface area contributed by atoms with Gasteiger partial charge < -0.3 is 10.2 Å². The average Bonchev–Trinajstić information content (AvgIpc) is 2.94. The highest BCUT2D eigenvalue weighted by Gasteiger charge is 2.15. The quantitative estimate of drug-likeness (QED) is 0.833. The normalized spacial score (nSPS) is 14.0. The number of nitrogens with one attached hydrogen (secondary N) is 1. The summed E-state index contributed by atoms with van der Waals surface area (Å²) in [5, 5.41) is 20.3. The van der Waals surface area contributed by atoms with Crippen LogP contribution in [-0.2, 0) is 6.42 Å². The summed E-state index contributed by atoms with van der Waals surface area (Å²) in [6.45, 7) is 3.52. The molecule has 1 heterocycles. The Balaban J connectivity index is 2.10. The van der Waals surface area contributed by atoms with Gasteiger partial charge in [0.05, 0.1) is 24.7 Å². The lowest BCUT2D eigenvalue weighted by Gasteiger charge is -2.17. The Morgan fingerprint density at radius 3 is 2.76 bits per heavy atom. The van der Waals surface area contributed by atoms with Gasteiger partial charge in [0.2, 0.25) is 0 Å². The van der Waals surface area contributed by atoms with Gasteiger partial charge in [0, 0.05) is 25.2 Å².